The van der Waals surface area contributed by atoms with Gasteiger partial charge in [-0.3, -0.25) is 24.2 Å². The van der Waals surface area contributed by atoms with Gasteiger partial charge in [0.25, 0.3) is 11.8 Å². The maximum Gasteiger partial charge on any atom is 0.264 e. The van der Waals surface area contributed by atoms with Crippen molar-refractivity contribution in [2.75, 3.05) is 51.8 Å². The number of imide groups is 1. The number of hydrogen-bond donors (Lipinski definition) is 1. The van der Waals surface area contributed by atoms with Gasteiger partial charge in [0.15, 0.2) is 11.5 Å². The molecular formula is C38H46N4O5. The summed E-state index contributed by atoms with van der Waals surface area (Å²) in [5.74, 6) is 0.727. The molecule has 3 amide bonds. The first-order chi connectivity index (χ1) is 22.9. The second-order valence-corrected chi connectivity index (χ2v) is 12.8. The highest BCUT2D eigenvalue weighted by molar-refractivity contribution is 6.24. The maximum absolute atomic E-state index is 14.4. The van der Waals surface area contributed by atoms with Gasteiger partial charge in [-0.05, 0) is 68.0 Å². The third kappa shape index (κ3) is 6.72. The Morgan fingerprint density at radius 3 is 2.28 bits per heavy atom. The van der Waals surface area contributed by atoms with E-state index in [9.17, 15) is 14.4 Å². The van der Waals surface area contributed by atoms with Crippen LogP contribution in [-0.2, 0) is 4.79 Å². The Morgan fingerprint density at radius 2 is 1.57 bits per heavy atom. The summed E-state index contributed by atoms with van der Waals surface area (Å²) in [6, 6.07) is 21.4. The van der Waals surface area contributed by atoms with Crippen LogP contribution in [0.25, 0.3) is 0 Å². The summed E-state index contributed by atoms with van der Waals surface area (Å²) in [6.07, 6.45) is 5.20. The minimum absolute atomic E-state index is 0.0923. The van der Waals surface area contributed by atoms with E-state index in [0.29, 0.717) is 48.1 Å². The van der Waals surface area contributed by atoms with Crippen LogP contribution in [0.15, 0.2) is 66.7 Å². The van der Waals surface area contributed by atoms with Gasteiger partial charge < -0.3 is 19.7 Å². The Kier molecular flexibility index (Phi) is 10.1. The molecule has 2 atom stereocenters. The highest BCUT2D eigenvalue weighted by Gasteiger charge is 2.43. The van der Waals surface area contributed by atoms with Gasteiger partial charge in [0.05, 0.1) is 37.1 Å². The van der Waals surface area contributed by atoms with E-state index < -0.39 is 6.04 Å². The van der Waals surface area contributed by atoms with Gasteiger partial charge >= 0.3 is 0 Å². The second kappa shape index (κ2) is 14.6. The van der Waals surface area contributed by atoms with Crippen LogP contribution in [0.4, 0.5) is 5.69 Å². The lowest BCUT2D eigenvalue weighted by Gasteiger charge is -2.39. The SMILES string of the molecule is COc1ccc([C@@H](CCCNC(=O)C2CCCC2)N2C(=O)c3cccc(N4CCN(C(C)c5ccccc5)CC4)c3C2=O)cc1OC. The summed E-state index contributed by atoms with van der Waals surface area (Å²) >= 11 is 0. The number of carbonyl (C=O) groups is 3. The Labute approximate surface area is 277 Å². The molecule has 1 unspecified atom stereocenters. The topological polar surface area (TPSA) is 91.4 Å². The molecule has 1 saturated heterocycles. The van der Waals surface area contributed by atoms with E-state index in [0.717, 1.165) is 63.1 Å². The lowest BCUT2D eigenvalue weighted by atomic mass is 9.99. The first kappa shape index (κ1) is 32.6. The maximum atomic E-state index is 14.4. The molecule has 2 aliphatic heterocycles. The van der Waals surface area contributed by atoms with Crippen LogP contribution in [0.5, 0.6) is 11.5 Å². The molecule has 2 heterocycles. The van der Waals surface area contributed by atoms with Crippen LogP contribution < -0.4 is 19.7 Å². The number of nitrogens with one attached hydrogen (secondary N) is 1. The van der Waals surface area contributed by atoms with Crippen LogP contribution >= 0.6 is 0 Å². The third-order valence-corrected chi connectivity index (χ3v) is 10.2. The molecule has 6 rings (SSSR count). The van der Waals surface area contributed by atoms with E-state index in [1.165, 1.54) is 10.5 Å². The number of fused-ring (bicyclic) bond motifs is 1. The molecule has 9 nitrogen and oxygen atoms in total. The number of hydrogen-bond acceptors (Lipinski definition) is 7. The molecule has 1 aliphatic carbocycles. The van der Waals surface area contributed by atoms with Crippen molar-refractivity contribution in [1.82, 2.24) is 15.1 Å². The zero-order valence-electron chi connectivity index (χ0n) is 27.7. The van der Waals surface area contributed by atoms with Crippen LogP contribution in [0.2, 0.25) is 0 Å². The summed E-state index contributed by atoms with van der Waals surface area (Å²) in [5, 5.41) is 3.09. The summed E-state index contributed by atoms with van der Waals surface area (Å²) < 4.78 is 11.1. The van der Waals surface area contributed by atoms with Gasteiger partial charge in [0, 0.05) is 44.7 Å². The normalized spacial score (nSPS) is 18.3. The predicted molar refractivity (Wildman–Crippen MR) is 182 cm³/mol. The minimum Gasteiger partial charge on any atom is -0.493 e. The zero-order valence-corrected chi connectivity index (χ0v) is 27.7. The van der Waals surface area contributed by atoms with Crippen molar-refractivity contribution >= 4 is 23.4 Å². The van der Waals surface area contributed by atoms with E-state index in [1.807, 2.05) is 36.4 Å². The lowest BCUT2D eigenvalue weighted by molar-refractivity contribution is -0.124. The van der Waals surface area contributed by atoms with Gasteiger partial charge in [-0.15, -0.1) is 0 Å². The molecule has 0 bridgehead atoms. The molecule has 3 aromatic rings. The first-order valence-electron chi connectivity index (χ1n) is 17.0. The number of piperazine rings is 1. The van der Waals surface area contributed by atoms with Gasteiger partial charge in [0.1, 0.15) is 0 Å². The summed E-state index contributed by atoms with van der Waals surface area (Å²) in [4.78, 5) is 47.3. The van der Waals surface area contributed by atoms with Gasteiger partial charge in [-0.25, -0.2) is 0 Å². The smallest absolute Gasteiger partial charge is 0.264 e. The highest BCUT2D eigenvalue weighted by Crippen LogP contribution is 2.41. The van der Waals surface area contributed by atoms with Crippen LogP contribution in [-0.4, -0.2) is 74.5 Å². The van der Waals surface area contributed by atoms with Crippen molar-refractivity contribution in [3.63, 3.8) is 0 Å². The number of amides is 3. The van der Waals surface area contributed by atoms with Crippen LogP contribution in [0.1, 0.15) is 89.4 Å². The Bertz CT molecular complexity index is 1580. The zero-order chi connectivity index (χ0) is 32.9. The van der Waals surface area contributed by atoms with E-state index in [2.05, 4.69) is 46.3 Å². The number of rotatable bonds is 12. The molecular weight excluding hydrogens is 592 g/mol. The van der Waals surface area contributed by atoms with Gasteiger partial charge in [-0.2, -0.15) is 0 Å². The number of ether oxygens (including phenoxy) is 2. The van der Waals surface area contributed by atoms with E-state index in [-0.39, 0.29) is 23.6 Å². The summed E-state index contributed by atoms with van der Waals surface area (Å²) in [6.45, 7) is 5.95. The largest absolute Gasteiger partial charge is 0.493 e. The van der Waals surface area contributed by atoms with E-state index >= 15 is 0 Å². The Hall–Kier alpha value is -4.37. The third-order valence-electron chi connectivity index (χ3n) is 10.2. The molecule has 0 spiro atoms. The van der Waals surface area contributed by atoms with Gasteiger partial charge in [0.2, 0.25) is 5.91 Å². The van der Waals surface area contributed by atoms with Crippen molar-refractivity contribution < 1.29 is 23.9 Å². The second-order valence-electron chi connectivity index (χ2n) is 12.8. The fourth-order valence-electron chi connectivity index (χ4n) is 7.47. The number of anilines is 1. The molecule has 1 N–H and O–H groups in total. The summed E-state index contributed by atoms with van der Waals surface area (Å²) in [7, 11) is 3.15. The fraction of sp³-hybridized carbons (Fsp3) is 0.447. The van der Waals surface area contributed by atoms with Crippen LogP contribution in [0, 0.1) is 5.92 Å². The Balaban J connectivity index is 1.22. The first-order valence-corrected chi connectivity index (χ1v) is 17.0. The molecule has 9 heteroatoms. The van der Waals surface area contributed by atoms with Crippen molar-refractivity contribution in [3.8, 4) is 11.5 Å². The molecule has 0 aromatic heterocycles. The van der Waals surface area contributed by atoms with Crippen molar-refractivity contribution in [2.24, 2.45) is 5.92 Å². The van der Waals surface area contributed by atoms with Gasteiger partial charge in [-0.1, -0.05) is 55.3 Å². The highest BCUT2D eigenvalue weighted by atomic mass is 16.5. The Morgan fingerprint density at radius 1 is 0.851 bits per heavy atom. The average Bonchev–Trinajstić information content (AvgIpc) is 3.75. The van der Waals surface area contributed by atoms with Crippen molar-refractivity contribution in [1.29, 1.82) is 0 Å². The van der Waals surface area contributed by atoms with Crippen molar-refractivity contribution in [3.05, 3.63) is 89.0 Å². The molecule has 2 fully saturated rings. The fourth-order valence-corrected chi connectivity index (χ4v) is 7.47. The molecule has 3 aliphatic rings. The van der Waals surface area contributed by atoms with Crippen LogP contribution in [0.3, 0.4) is 0 Å². The monoisotopic (exact) mass is 638 g/mol. The molecule has 47 heavy (non-hydrogen) atoms. The van der Waals surface area contributed by atoms with E-state index in [4.69, 9.17) is 9.47 Å². The molecule has 248 valence electrons. The molecule has 3 aromatic carbocycles. The lowest BCUT2D eigenvalue weighted by Crippen LogP contribution is -2.47. The number of benzene rings is 3. The standard InChI is InChI=1S/C38H46N4O5/c1-26(27-11-5-4-6-12-27)40-21-23-41(24-22-40)32-16-9-15-30-35(32)38(45)42(37(30)44)31(29-18-19-33(46-2)34(25-29)47-3)17-10-20-39-36(43)28-13-7-8-14-28/h4-6,9,11-12,15-16,18-19,25-26,28,31H,7-8,10,13-14,17,20-24H2,1-3H3,(H,39,43)/t26?,31-/m1/s1. The predicted octanol–water partition coefficient (Wildman–Crippen LogP) is 6.01. The molecule has 1 saturated carbocycles. The molecule has 0 radical (unpaired) electrons. The van der Waals surface area contributed by atoms with Crippen molar-refractivity contribution in [2.45, 2.75) is 57.5 Å². The minimum atomic E-state index is -0.540. The number of methoxy groups -OCH3 is 2. The quantitative estimate of drug-likeness (QED) is 0.192. The van der Waals surface area contributed by atoms with E-state index in [1.54, 1.807) is 20.3 Å². The summed E-state index contributed by atoms with van der Waals surface area (Å²) in [5.41, 5.74) is 3.79. The number of carbonyl (C=O) groups excluding carboxylic acids is 3. The average molecular weight is 639 g/mol. The number of nitrogens with zero attached hydrogens (tertiary/aromatic N) is 3.